The van der Waals surface area contributed by atoms with Crippen molar-refractivity contribution < 1.29 is 9.84 Å². The maximum Gasteiger partial charge on any atom is 0.0966 e. The summed E-state index contributed by atoms with van der Waals surface area (Å²) >= 11 is 0. The fourth-order valence-corrected chi connectivity index (χ4v) is 0.361. The Balaban J connectivity index is 0.000000145. The molecule has 1 saturated heterocycles. The summed E-state index contributed by atoms with van der Waals surface area (Å²) in [6.07, 6.45) is 0. The maximum atomic E-state index is 7.57. The Kier molecular flexibility index (Phi) is 6.78. The molecule has 0 unspecified atom stereocenters. The third-order valence-electron chi connectivity index (χ3n) is 0.627. The Labute approximate surface area is 49.7 Å². The summed E-state index contributed by atoms with van der Waals surface area (Å²) < 4.78 is 4.83. The van der Waals surface area contributed by atoms with Crippen LogP contribution in [0.25, 0.3) is 0 Å². The summed E-state index contributed by atoms with van der Waals surface area (Å²) in [5.74, 6) is 0. The van der Waals surface area contributed by atoms with E-state index in [0.29, 0.717) is 0 Å². The van der Waals surface area contributed by atoms with Gasteiger partial charge in [0.05, 0.1) is 13.3 Å². The quantitative estimate of drug-likeness (QED) is 0.454. The first-order valence-electron chi connectivity index (χ1n) is 2.81. The van der Waals surface area contributed by atoms with E-state index in [0.717, 1.165) is 19.9 Å². The van der Waals surface area contributed by atoms with Crippen LogP contribution in [-0.2, 0) is 4.74 Å². The van der Waals surface area contributed by atoms with E-state index in [4.69, 9.17) is 9.84 Å². The molecule has 0 aromatic rings. The van der Waals surface area contributed by atoms with Crippen molar-refractivity contribution in [3.8, 4) is 0 Å². The van der Waals surface area contributed by atoms with Crippen molar-refractivity contribution in [3.63, 3.8) is 0 Å². The van der Waals surface area contributed by atoms with Crippen LogP contribution in [0.3, 0.4) is 0 Å². The van der Waals surface area contributed by atoms with Gasteiger partial charge in [0.25, 0.3) is 0 Å². The second-order valence-corrected chi connectivity index (χ2v) is 1.37. The van der Waals surface area contributed by atoms with Gasteiger partial charge in [-0.05, 0) is 6.92 Å². The Morgan fingerprint density at radius 1 is 1.75 bits per heavy atom. The lowest BCUT2D eigenvalue weighted by molar-refractivity contribution is 0.194. The van der Waals surface area contributed by atoms with Crippen LogP contribution in [0.15, 0.2) is 0 Å². The molecular formula is C5H13NO2. The minimum atomic E-state index is 0.250. The molecule has 1 fully saturated rings. The number of aliphatic hydroxyl groups excluding tert-OH is 1. The molecule has 1 aliphatic heterocycles. The Bertz CT molecular complexity index is 29.8. The normalized spacial score (nSPS) is 17.2. The van der Waals surface area contributed by atoms with Crippen molar-refractivity contribution in [3.05, 3.63) is 0 Å². The van der Waals surface area contributed by atoms with Gasteiger partial charge in [-0.15, -0.1) is 0 Å². The first kappa shape index (κ1) is 7.88. The number of aliphatic hydroxyl groups is 1. The van der Waals surface area contributed by atoms with Gasteiger partial charge in [0.2, 0.25) is 0 Å². The molecule has 0 bridgehead atoms. The minimum Gasteiger partial charge on any atom is -0.397 e. The average Bonchev–Trinajstić information content (AvgIpc) is 2.17. The molecule has 1 rings (SSSR count). The number of rotatable bonds is 0. The number of nitrogens with one attached hydrogen (secondary N) is 1. The second kappa shape index (κ2) is 6.88. The monoisotopic (exact) mass is 119 g/mol. The van der Waals surface area contributed by atoms with Gasteiger partial charge in [-0.25, -0.2) is 0 Å². The number of ether oxygens (including phenoxy) is 1. The molecular weight excluding hydrogens is 106 g/mol. The van der Waals surface area contributed by atoms with Crippen molar-refractivity contribution in [2.45, 2.75) is 6.92 Å². The maximum absolute atomic E-state index is 7.57. The van der Waals surface area contributed by atoms with Crippen LogP contribution in [0.2, 0.25) is 0 Å². The van der Waals surface area contributed by atoms with E-state index in [9.17, 15) is 0 Å². The summed E-state index contributed by atoms with van der Waals surface area (Å²) in [5.41, 5.74) is 0. The fraction of sp³-hybridized carbons (Fsp3) is 1.00. The lowest BCUT2D eigenvalue weighted by Crippen LogP contribution is -2.05. The summed E-state index contributed by atoms with van der Waals surface area (Å²) in [7, 11) is 0. The molecule has 0 spiro atoms. The SMILES string of the molecule is C1COCN1.CCO. The Hall–Kier alpha value is -0.120. The van der Waals surface area contributed by atoms with Gasteiger partial charge in [0.1, 0.15) is 0 Å². The van der Waals surface area contributed by atoms with Crippen molar-refractivity contribution in [1.82, 2.24) is 5.32 Å². The standard InChI is InChI=1S/C3H7NO.C2H6O/c1-2-5-3-4-1;1-2-3/h4H,1-3H2;3H,2H2,1H3. The van der Waals surface area contributed by atoms with Crippen LogP contribution in [0, 0.1) is 0 Å². The summed E-state index contributed by atoms with van der Waals surface area (Å²) in [4.78, 5) is 0. The molecule has 3 nitrogen and oxygen atoms in total. The van der Waals surface area contributed by atoms with Crippen LogP contribution < -0.4 is 5.32 Å². The van der Waals surface area contributed by atoms with E-state index < -0.39 is 0 Å². The molecule has 3 heteroatoms. The number of hydrogen-bond acceptors (Lipinski definition) is 3. The molecule has 0 radical (unpaired) electrons. The summed E-state index contributed by atoms with van der Waals surface area (Å²) in [6.45, 7) is 4.60. The van der Waals surface area contributed by atoms with Gasteiger partial charge in [0, 0.05) is 13.2 Å². The molecule has 1 aliphatic rings. The van der Waals surface area contributed by atoms with Gasteiger partial charge in [-0.3, -0.25) is 5.32 Å². The Morgan fingerprint density at radius 2 is 2.38 bits per heavy atom. The topological polar surface area (TPSA) is 41.5 Å². The van der Waals surface area contributed by atoms with Crippen molar-refractivity contribution in [2.24, 2.45) is 0 Å². The first-order chi connectivity index (χ1) is 3.91. The molecule has 0 aromatic heterocycles. The van der Waals surface area contributed by atoms with Gasteiger partial charge < -0.3 is 9.84 Å². The van der Waals surface area contributed by atoms with Crippen molar-refractivity contribution in [2.75, 3.05) is 26.5 Å². The minimum absolute atomic E-state index is 0.250. The van der Waals surface area contributed by atoms with Crippen LogP contribution >= 0.6 is 0 Å². The molecule has 2 N–H and O–H groups in total. The Morgan fingerprint density at radius 3 is 2.50 bits per heavy atom. The first-order valence-corrected chi connectivity index (χ1v) is 2.81. The van der Waals surface area contributed by atoms with E-state index in [1.165, 1.54) is 0 Å². The van der Waals surface area contributed by atoms with Crippen molar-refractivity contribution >= 4 is 0 Å². The highest BCUT2D eigenvalue weighted by Crippen LogP contribution is 1.75. The van der Waals surface area contributed by atoms with E-state index in [2.05, 4.69) is 5.32 Å². The van der Waals surface area contributed by atoms with Crippen LogP contribution in [-0.4, -0.2) is 31.6 Å². The molecule has 0 aromatic carbocycles. The third kappa shape index (κ3) is 5.88. The molecule has 0 aliphatic carbocycles. The van der Waals surface area contributed by atoms with Crippen LogP contribution in [0.5, 0.6) is 0 Å². The average molecular weight is 119 g/mol. The smallest absolute Gasteiger partial charge is 0.0966 e. The molecule has 0 amide bonds. The second-order valence-electron chi connectivity index (χ2n) is 1.37. The number of hydrogen-bond donors (Lipinski definition) is 2. The fourth-order valence-electron chi connectivity index (χ4n) is 0.361. The molecule has 0 saturated carbocycles. The largest absolute Gasteiger partial charge is 0.397 e. The molecule has 0 atom stereocenters. The van der Waals surface area contributed by atoms with Crippen LogP contribution in [0.4, 0.5) is 0 Å². The van der Waals surface area contributed by atoms with E-state index in [1.807, 2.05) is 0 Å². The van der Waals surface area contributed by atoms with Crippen molar-refractivity contribution in [1.29, 1.82) is 0 Å². The lowest BCUT2D eigenvalue weighted by atomic mass is 10.7. The lowest BCUT2D eigenvalue weighted by Gasteiger charge is -1.76. The predicted molar refractivity (Wildman–Crippen MR) is 31.6 cm³/mol. The van der Waals surface area contributed by atoms with Crippen LogP contribution in [0.1, 0.15) is 6.92 Å². The molecule has 1 heterocycles. The summed E-state index contributed by atoms with van der Waals surface area (Å²) in [5, 5.41) is 10.6. The van der Waals surface area contributed by atoms with Gasteiger partial charge >= 0.3 is 0 Å². The highest BCUT2D eigenvalue weighted by atomic mass is 16.5. The van der Waals surface area contributed by atoms with E-state index >= 15 is 0 Å². The molecule has 8 heavy (non-hydrogen) atoms. The van der Waals surface area contributed by atoms with E-state index in [1.54, 1.807) is 6.92 Å². The molecule has 50 valence electrons. The highest BCUT2D eigenvalue weighted by Gasteiger charge is 1.92. The van der Waals surface area contributed by atoms with E-state index in [-0.39, 0.29) is 6.61 Å². The highest BCUT2D eigenvalue weighted by molar-refractivity contribution is 4.43. The zero-order chi connectivity index (χ0) is 6.24. The van der Waals surface area contributed by atoms with Gasteiger partial charge in [-0.2, -0.15) is 0 Å². The third-order valence-corrected chi connectivity index (χ3v) is 0.627. The summed E-state index contributed by atoms with van der Waals surface area (Å²) in [6, 6.07) is 0. The zero-order valence-electron chi connectivity index (χ0n) is 5.18. The van der Waals surface area contributed by atoms with Gasteiger partial charge in [-0.1, -0.05) is 0 Å². The van der Waals surface area contributed by atoms with Gasteiger partial charge in [0.15, 0.2) is 0 Å². The predicted octanol–water partition coefficient (Wildman–Crippen LogP) is -0.438. The zero-order valence-corrected chi connectivity index (χ0v) is 5.18.